The van der Waals surface area contributed by atoms with Crippen LogP contribution in [-0.2, 0) is 0 Å². The third kappa shape index (κ3) is 2.24. The summed E-state index contributed by atoms with van der Waals surface area (Å²) < 4.78 is 0. The molecular weight excluding hydrogens is 180 g/mol. The van der Waals surface area contributed by atoms with Gasteiger partial charge in [-0.2, -0.15) is 0 Å². The molecule has 4 unspecified atom stereocenters. The van der Waals surface area contributed by atoms with Gasteiger partial charge in [0.15, 0.2) is 0 Å². The van der Waals surface area contributed by atoms with Crippen LogP contribution in [-0.4, -0.2) is 0 Å². The molecule has 0 aromatic carbocycles. The van der Waals surface area contributed by atoms with Gasteiger partial charge >= 0.3 is 0 Å². The Morgan fingerprint density at radius 2 is 1.27 bits per heavy atom. The maximum atomic E-state index is 1.61. The summed E-state index contributed by atoms with van der Waals surface area (Å²) in [6.07, 6.45) is 17.3. The highest BCUT2D eigenvalue weighted by atomic mass is 14.4. The van der Waals surface area contributed by atoms with Gasteiger partial charge in [-0.05, 0) is 42.9 Å². The Kier molecular flexibility index (Phi) is 3.03. The largest absolute Gasteiger partial charge is 0.0530 e. The summed E-state index contributed by atoms with van der Waals surface area (Å²) in [7, 11) is 0. The summed E-state index contributed by atoms with van der Waals surface area (Å²) in [5, 5.41) is 0. The van der Waals surface area contributed by atoms with Gasteiger partial charge in [-0.1, -0.05) is 51.4 Å². The predicted octanol–water partition coefficient (Wildman–Crippen LogP) is 4.78. The van der Waals surface area contributed by atoms with Crippen LogP contribution in [0, 0.1) is 23.7 Å². The molecule has 3 fully saturated rings. The standard InChI is InChI=1S/C15H26/c1-2-5-13-10-12(4-1)8-9-14-6-3-7-15(14)11-13/h12-15H,1-11H2. The molecule has 0 saturated heterocycles. The van der Waals surface area contributed by atoms with Crippen LogP contribution in [0.5, 0.6) is 0 Å². The molecule has 0 aliphatic heterocycles. The molecule has 0 aromatic rings. The van der Waals surface area contributed by atoms with Gasteiger partial charge in [0.25, 0.3) is 0 Å². The summed E-state index contributed by atoms with van der Waals surface area (Å²) in [5.74, 6) is 4.55. The summed E-state index contributed by atoms with van der Waals surface area (Å²) in [6, 6.07) is 0. The van der Waals surface area contributed by atoms with Gasteiger partial charge in [-0.3, -0.25) is 0 Å². The second kappa shape index (κ2) is 4.47. The highest BCUT2D eigenvalue weighted by Gasteiger charge is 2.33. The normalized spacial score (nSPS) is 46.4. The fourth-order valence-corrected chi connectivity index (χ4v) is 4.73. The molecule has 3 aliphatic rings. The lowest BCUT2D eigenvalue weighted by Gasteiger charge is -2.30. The molecule has 0 N–H and O–H groups in total. The molecule has 3 rings (SSSR count). The van der Waals surface area contributed by atoms with Gasteiger partial charge in [-0.25, -0.2) is 0 Å². The first-order valence-electron chi connectivity index (χ1n) is 7.42. The average molecular weight is 206 g/mol. The van der Waals surface area contributed by atoms with Gasteiger partial charge < -0.3 is 0 Å². The van der Waals surface area contributed by atoms with E-state index in [0.29, 0.717) is 0 Å². The SMILES string of the molecule is C1CCC2CC(C1)CCC1CCCC1C2. The van der Waals surface area contributed by atoms with Crippen molar-refractivity contribution in [1.82, 2.24) is 0 Å². The van der Waals surface area contributed by atoms with Crippen LogP contribution in [0.3, 0.4) is 0 Å². The van der Waals surface area contributed by atoms with Crippen molar-refractivity contribution < 1.29 is 0 Å². The molecule has 0 amide bonds. The van der Waals surface area contributed by atoms with Crippen molar-refractivity contribution in [3.05, 3.63) is 0 Å². The van der Waals surface area contributed by atoms with E-state index in [1.807, 2.05) is 0 Å². The Morgan fingerprint density at radius 1 is 0.467 bits per heavy atom. The molecule has 86 valence electrons. The molecule has 3 saturated carbocycles. The van der Waals surface area contributed by atoms with Crippen molar-refractivity contribution in [2.75, 3.05) is 0 Å². The topological polar surface area (TPSA) is 0 Å². The maximum absolute atomic E-state index is 1.61. The van der Waals surface area contributed by atoms with Crippen molar-refractivity contribution in [2.45, 2.75) is 70.6 Å². The third-order valence-corrected chi connectivity index (χ3v) is 5.54. The second-order valence-corrected chi connectivity index (χ2v) is 6.52. The second-order valence-electron chi connectivity index (χ2n) is 6.52. The van der Waals surface area contributed by atoms with Crippen molar-refractivity contribution in [2.24, 2.45) is 23.7 Å². The van der Waals surface area contributed by atoms with E-state index in [4.69, 9.17) is 0 Å². The Hall–Kier alpha value is 0. The first-order valence-corrected chi connectivity index (χ1v) is 7.42. The quantitative estimate of drug-likeness (QED) is 0.535. The average Bonchev–Trinajstić information content (AvgIpc) is 2.51. The Labute approximate surface area is 94.8 Å². The highest BCUT2D eigenvalue weighted by molar-refractivity contribution is 4.85. The smallest absolute Gasteiger partial charge is 0.0383 e. The predicted molar refractivity (Wildman–Crippen MR) is 64.7 cm³/mol. The molecule has 0 nitrogen and oxygen atoms in total. The lowest BCUT2D eigenvalue weighted by atomic mass is 9.75. The van der Waals surface area contributed by atoms with E-state index in [0.717, 1.165) is 23.7 Å². The first-order chi connectivity index (χ1) is 7.42. The van der Waals surface area contributed by atoms with Crippen LogP contribution in [0.1, 0.15) is 70.6 Å². The number of fused-ring (bicyclic) bond motifs is 3. The third-order valence-electron chi connectivity index (χ3n) is 5.54. The molecule has 2 bridgehead atoms. The molecule has 0 heteroatoms. The van der Waals surface area contributed by atoms with E-state index >= 15 is 0 Å². The van der Waals surface area contributed by atoms with E-state index < -0.39 is 0 Å². The highest BCUT2D eigenvalue weighted by Crippen LogP contribution is 2.45. The fraction of sp³-hybridized carbons (Fsp3) is 1.00. The summed E-state index contributed by atoms with van der Waals surface area (Å²) >= 11 is 0. The van der Waals surface area contributed by atoms with Crippen molar-refractivity contribution in [3.63, 3.8) is 0 Å². The van der Waals surface area contributed by atoms with Crippen LogP contribution in [0.2, 0.25) is 0 Å². The van der Waals surface area contributed by atoms with E-state index in [-0.39, 0.29) is 0 Å². The van der Waals surface area contributed by atoms with Gasteiger partial charge in [0.05, 0.1) is 0 Å². The van der Waals surface area contributed by atoms with E-state index in [9.17, 15) is 0 Å². The Morgan fingerprint density at radius 3 is 2.20 bits per heavy atom. The Balaban J connectivity index is 1.71. The molecule has 0 radical (unpaired) electrons. The minimum Gasteiger partial charge on any atom is -0.0530 e. The van der Waals surface area contributed by atoms with Crippen molar-refractivity contribution in [1.29, 1.82) is 0 Å². The molecule has 15 heavy (non-hydrogen) atoms. The van der Waals surface area contributed by atoms with Gasteiger partial charge in [0.1, 0.15) is 0 Å². The van der Waals surface area contributed by atoms with Gasteiger partial charge in [0, 0.05) is 0 Å². The monoisotopic (exact) mass is 206 g/mol. The van der Waals surface area contributed by atoms with Crippen LogP contribution in [0.15, 0.2) is 0 Å². The summed E-state index contributed by atoms with van der Waals surface area (Å²) in [5.41, 5.74) is 0. The maximum Gasteiger partial charge on any atom is -0.0383 e. The zero-order chi connectivity index (χ0) is 10.1. The fourth-order valence-electron chi connectivity index (χ4n) is 4.73. The lowest BCUT2D eigenvalue weighted by molar-refractivity contribution is 0.206. The lowest BCUT2D eigenvalue weighted by Crippen LogP contribution is -2.19. The zero-order valence-corrected chi connectivity index (χ0v) is 10.1. The van der Waals surface area contributed by atoms with E-state index in [1.165, 1.54) is 6.42 Å². The minimum absolute atomic E-state index is 1.12. The van der Waals surface area contributed by atoms with Crippen LogP contribution in [0.4, 0.5) is 0 Å². The molecule has 3 aliphatic carbocycles. The van der Waals surface area contributed by atoms with Crippen molar-refractivity contribution in [3.8, 4) is 0 Å². The van der Waals surface area contributed by atoms with Crippen LogP contribution in [0.25, 0.3) is 0 Å². The van der Waals surface area contributed by atoms with Crippen LogP contribution < -0.4 is 0 Å². The van der Waals surface area contributed by atoms with Gasteiger partial charge in [0.2, 0.25) is 0 Å². The molecular formula is C15H26. The zero-order valence-electron chi connectivity index (χ0n) is 10.1. The van der Waals surface area contributed by atoms with Gasteiger partial charge in [-0.15, -0.1) is 0 Å². The van der Waals surface area contributed by atoms with E-state index in [1.54, 1.807) is 64.2 Å². The van der Waals surface area contributed by atoms with E-state index in [2.05, 4.69) is 0 Å². The molecule has 4 atom stereocenters. The molecule has 0 aromatic heterocycles. The summed E-state index contributed by atoms with van der Waals surface area (Å²) in [6.45, 7) is 0. The first kappa shape index (κ1) is 10.2. The molecule has 0 heterocycles. The van der Waals surface area contributed by atoms with Crippen molar-refractivity contribution >= 4 is 0 Å². The summed E-state index contributed by atoms with van der Waals surface area (Å²) in [4.78, 5) is 0. The minimum atomic E-state index is 1.12. The molecule has 0 spiro atoms. The Bertz CT molecular complexity index is 208. The number of hydrogen-bond acceptors (Lipinski definition) is 0. The number of rotatable bonds is 0. The number of hydrogen-bond donors (Lipinski definition) is 0. The van der Waals surface area contributed by atoms with Crippen LogP contribution >= 0.6 is 0 Å².